The molecule has 2 saturated carbocycles. The Morgan fingerprint density at radius 1 is 1.25 bits per heavy atom. The van der Waals surface area contributed by atoms with Gasteiger partial charge in [0.15, 0.2) is 6.35 Å². The van der Waals surface area contributed by atoms with Crippen LogP contribution in [0.2, 0.25) is 0 Å². The standard InChI is InChI=1S/C18H31F3N2O/c1-6-15-12(4)23(16(24-5)22(15)11(2)3)17-8-7-13(9-17)14(10-17)18(19,20)21/h11-16H,6-10H2,1-5H3. The largest absolute Gasteiger partial charge is 0.392 e. The minimum absolute atomic E-state index is 0.206. The van der Waals surface area contributed by atoms with Crippen LogP contribution in [0.4, 0.5) is 13.2 Å². The van der Waals surface area contributed by atoms with E-state index in [1.54, 1.807) is 7.11 Å². The van der Waals surface area contributed by atoms with Crippen molar-refractivity contribution in [3.63, 3.8) is 0 Å². The first-order chi connectivity index (χ1) is 11.2. The van der Waals surface area contributed by atoms with E-state index >= 15 is 0 Å². The maximum Gasteiger partial charge on any atom is 0.392 e. The molecular weight excluding hydrogens is 317 g/mol. The molecule has 2 bridgehead atoms. The molecule has 1 aliphatic heterocycles. The van der Waals surface area contributed by atoms with Gasteiger partial charge in [-0.3, -0.25) is 9.80 Å². The van der Waals surface area contributed by atoms with Crippen LogP contribution in [-0.4, -0.2) is 53.1 Å². The third kappa shape index (κ3) is 2.60. The summed E-state index contributed by atoms with van der Waals surface area (Å²) in [6.07, 6.45) is -0.815. The molecule has 0 N–H and O–H groups in total. The third-order valence-corrected chi connectivity index (χ3v) is 6.86. The van der Waals surface area contributed by atoms with Gasteiger partial charge in [0.1, 0.15) is 0 Å². The first-order valence-electron chi connectivity index (χ1n) is 9.31. The van der Waals surface area contributed by atoms with Crippen molar-refractivity contribution in [2.24, 2.45) is 11.8 Å². The third-order valence-electron chi connectivity index (χ3n) is 6.86. The molecule has 0 amide bonds. The second kappa shape index (κ2) is 6.13. The van der Waals surface area contributed by atoms with E-state index in [4.69, 9.17) is 4.74 Å². The molecule has 2 aliphatic carbocycles. The summed E-state index contributed by atoms with van der Waals surface area (Å²) in [4.78, 5) is 4.67. The summed E-state index contributed by atoms with van der Waals surface area (Å²) in [5.74, 6) is -1.34. The van der Waals surface area contributed by atoms with Crippen molar-refractivity contribution in [3.8, 4) is 0 Å². The van der Waals surface area contributed by atoms with E-state index in [1.165, 1.54) is 0 Å². The van der Waals surface area contributed by atoms with Crippen LogP contribution in [0, 0.1) is 11.8 Å². The van der Waals surface area contributed by atoms with Crippen molar-refractivity contribution in [3.05, 3.63) is 0 Å². The molecule has 0 aromatic carbocycles. The highest BCUT2D eigenvalue weighted by molar-refractivity contribution is 5.13. The Balaban J connectivity index is 1.93. The summed E-state index contributed by atoms with van der Waals surface area (Å²) in [7, 11) is 1.69. The quantitative estimate of drug-likeness (QED) is 0.756. The van der Waals surface area contributed by atoms with Crippen molar-refractivity contribution < 1.29 is 17.9 Å². The summed E-state index contributed by atoms with van der Waals surface area (Å²) >= 11 is 0. The van der Waals surface area contributed by atoms with Gasteiger partial charge in [-0.25, -0.2) is 0 Å². The van der Waals surface area contributed by atoms with Crippen molar-refractivity contribution in [2.45, 2.75) is 96.0 Å². The van der Waals surface area contributed by atoms with Gasteiger partial charge in [0.2, 0.25) is 0 Å². The molecule has 0 radical (unpaired) electrons. The van der Waals surface area contributed by atoms with E-state index < -0.39 is 12.1 Å². The number of hydrogen-bond donors (Lipinski definition) is 0. The predicted octanol–water partition coefficient (Wildman–Crippen LogP) is 4.23. The molecule has 0 aromatic heterocycles. The van der Waals surface area contributed by atoms with Gasteiger partial charge in [0, 0.05) is 30.8 Å². The van der Waals surface area contributed by atoms with Gasteiger partial charge in [0.25, 0.3) is 0 Å². The number of ether oxygens (including phenoxy) is 1. The summed E-state index contributed by atoms with van der Waals surface area (Å²) in [6.45, 7) is 8.63. The van der Waals surface area contributed by atoms with Gasteiger partial charge < -0.3 is 4.74 Å². The first-order valence-corrected chi connectivity index (χ1v) is 9.31. The summed E-state index contributed by atoms with van der Waals surface area (Å²) in [5.41, 5.74) is -0.345. The second-order valence-electron chi connectivity index (χ2n) is 8.31. The Bertz CT molecular complexity index is 470. The number of methoxy groups -OCH3 is 1. The zero-order valence-corrected chi connectivity index (χ0v) is 15.4. The smallest absolute Gasteiger partial charge is 0.353 e. The van der Waals surface area contributed by atoms with Gasteiger partial charge >= 0.3 is 6.18 Å². The molecule has 1 heterocycles. The molecular formula is C18H31F3N2O. The lowest BCUT2D eigenvalue weighted by molar-refractivity contribution is -0.196. The minimum atomic E-state index is -4.07. The van der Waals surface area contributed by atoms with E-state index in [9.17, 15) is 13.2 Å². The number of halogens is 3. The number of alkyl halides is 3. The zero-order chi connectivity index (χ0) is 17.9. The first kappa shape index (κ1) is 18.5. The van der Waals surface area contributed by atoms with Crippen LogP contribution < -0.4 is 0 Å². The predicted molar refractivity (Wildman–Crippen MR) is 87.4 cm³/mol. The number of hydrogen-bond acceptors (Lipinski definition) is 3. The average molecular weight is 348 g/mol. The fraction of sp³-hybridized carbons (Fsp3) is 1.00. The van der Waals surface area contributed by atoms with Crippen molar-refractivity contribution >= 4 is 0 Å². The SMILES string of the molecule is CCC1C(C)N(C23CCC(C2)C(C(F)(F)F)C3)C(OC)N1C(C)C. The lowest BCUT2D eigenvalue weighted by Gasteiger charge is -2.45. The van der Waals surface area contributed by atoms with Crippen LogP contribution in [0.25, 0.3) is 0 Å². The molecule has 3 aliphatic rings. The van der Waals surface area contributed by atoms with E-state index in [0.717, 1.165) is 12.8 Å². The van der Waals surface area contributed by atoms with Crippen LogP contribution in [-0.2, 0) is 4.74 Å². The molecule has 6 unspecified atom stereocenters. The van der Waals surface area contributed by atoms with Gasteiger partial charge in [-0.1, -0.05) is 6.92 Å². The summed E-state index contributed by atoms with van der Waals surface area (Å²) < 4.78 is 46.2. The topological polar surface area (TPSA) is 15.7 Å². The molecule has 0 spiro atoms. The molecule has 3 nitrogen and oxygen atoms in total. The molecule has 24 heavy (non-hydrogen) atoms. The molecule has 3 rings (SSSR count). The zero-order valence-electron chi connectivity index (χ0n) is 15.4. The van der Waals surface area contributed by atoms with Crippen LogP contribution in [0.5, 0.6) is 0 Å². The molecule has 6 atom stereocenters. The van der Waals surface area contributed by atoms with Crippen LogP contribution in [0.3, 0.4) is 0 Å². The number of rotatable bonds is 4. The van der Waals surface area contributed by atoms with Gasteiger partial charge in [0.05, 0.1) is 5.92 Å². The Hall–Kier alpha value is -0.330. The summed E-state index contributed by atoms with van der Waals surface area (Å²) in [6, 6.07) is 0.849. The van der Waals surface area contributed by atoms with Crippen LogP contribution in [0.1, 0.15) is 59.8 Å². The highest BCUT2D eigenvalue weighted by Crippen LogP contribution is 2.60. The number of nitrogens with zero attached hydrogens (tertiary/aromatic N) is 2. The Labute approximate surface area is 143 Å². The molecule has 6 heteroatoms. The lowest BCUT2D eigenvalue weighted by atomic mass is 9.83. The molecule has 1 saturated heterocycles. The van der Waals surface area contributed by atoms with Crippen LogP contribution in [0.15, 0.2) is 0 Å². The highest BCUT2D eigenvalue weighted by atomic mass is 19.4. The fourth-order valence-electron chi connectivity index (χ4n) is 6.01. The molecule has 140 valence electrons. The van der Waals surface area contributed by atoms with Gasteiger partial charge in [-0.15, -0.1) is 0 Å². The number of fused-ring (bicyclic) bond motifs is 2. The van der Waals surface area contributed by atoms with E-state index in [2.05, 4.69) is 37.5 Å². The monoisotopic (exact) mass is 348 g/mol. The van der Waals surface area contributed by atoms with Gasteiger partial charge in [-0.2, -0.15) is 13.2 Å². The van der Waals surface area contributed by atoms with Crippen molar-refractivity contribution in [2.75, 3.05) is 7.11 Å². The summed E-state index contributed by atoms with van der Waals surface area (Å²) in [5, 5.41) is 0. The molecule has 3 fully saturated rings. The van der Waals surface area contributed by atoms with Crippen LogP contribution >= 0.6 is 0 Å². The van der Waals surface area contributed by atoms with E-state index in [1.807, 2.05) is 0 Å². The Morgan fingerprint density at radius 3 is 2.38 bits per heavy atom. The minimum Gasteiger partial charge on any atom is -0.353 e. The Morgan fingerprint density at radius 2 is 1.92 bits per heavy atom. The van der Waals surface area contributed by atoms with Gasteiger partial charge in [-0.05, 0) is 58.8 Å². The van der Waals surface area contributed by atoms with E-state index in [-0.39, 0.29) is 30.3 Å². The van der Waals surface area contributed by atoms with E-state index in [0.29, 0.717) is 24.9 Å². The van der Waals surface area contributed by atoms with Crippen molar-refractivity contribution in [1.82, 2.24) is 9.80 Å². The fourth-order valence-corrected chi connectivity index (χ4v) is 6.01. The second-order valence-corrected chi connectivity index (χ2v) is 8.31. The van der Waals surface area contributed by atoms with Crippen molar-refractivity contribution in [1.29, 1.82) is 0 Å². The average Bonchev–Trinajstić information content (AvgIpc) is 3.15. The lowest BCUT2D eigenvalue weighted by Crippen LogP contribution is -2.55. The Kier molecular flexibility index (Phi) is 4.72. The maximum absolute atomic E-state index is 13.4. The normalized spacial score (nSPS) is 44.1. The maximum atomic E-state index is 13.4. The molecule has 0 aromatic rings. The highest BCUT2D eigenvalue weighted by Gasteiger charge is 2.65.